The highest BCUT2D eigenvalue weighted by Crippen LogP contribution is 2.22. The molecule has 0 saturated carbocycles. The van der Waals surface area contributed by atoms with Gasteiger partial charge in [-0.15, -0.1) is 11.6 Å². The van der Waals surface area contributed by atoms with Gasteiger partial charge in [-0.3, -0.25) is 0 Å². The molecule has 0 unspecified atom stereocenters. The van der Waals surface area contributed by atoms with Gasteiger partial charge in [-0.1, -0.05) is 0 Å². The third kappa shape index (κ3) is 3.14. The van der Waals surface area contributed by atoms with Crippen molar-refractivity contribution in [3.63, 3.8) is 0 Å². The van der Waals surface area contributed by atoms with Crippen molar-refractivity contribution in [1.29, 1.82) is 0 Å². The predicted octanol–water partition coefficient (Wildman–Crippen LogP) is 1.49. The van der Waals surface area contributed by atoms with Crippen LogP contribution in [0.25, 0.3) is 11.0 Å². The van der Waals surface area contributed by atoms with Gasteiger partial charge in [0.25, 0.3) is 0 Å². The number of aromatic nitrogens is 2. The number of hydrogen-bond donors (Lipinski definition) is 2. The second kappa shape index (κ2) is 6.47. The lowest BCUT2D eigenvalue weighted by atomic mass is 10.3. The van der Waals surface area contributed by atoms with Gasteiger partial charge in [0.1, 0.15) is 11.6 Å². The average molecular weight is 297 g/mol. The Bertz CT molecular complexity index is 612. The quantitative estimate of drug-likeness (QED) is 0.792. The molecule has 6 nitrogen and oxygen atoms in total. The molecule has 0 radical (unpaired) electrons. The molecule has 0 atom stereocenters. The molecule has 7 heteroatoms. The number of halogens is 1. The van der Waals surface area contributed by atoms with Crippen LogP contribution in [0.3, 0.4) is 0 Å². The molecule has 20 heavy (non-hydrogen) atoms. The Kier molecular flexibility index (Phi) is 4.68. The third-order valence-electron chi connectivity index (χ3n) is 2.99. The van der Waals surface area contributed by atoms with Crippen LogP contribution in [0.1, 0.15) is 5.82 Å². The highest BCUT2D eigenvalue weighted by Gasteiger charge is 2.11. The number of rotatable bonds is 6. The summed E-state index contributed by atoms with van der Waals surface area (Å²) in [6, 6.07) is 5.16. The summed E-state index contributed by atoms with van der Waals surface area (Å²) in [4.78, 5) is 15.3. The van der Waals surface area contributed by atoms with E-state index in [4.69, 9.17) is 22.1 Å². The van der Waals surface area contributed by atoms with Gasteiger partial charge >= 0.3 is 6.03 Å². The molecule has 1 aromatic heterocycles. The van der Waals surface area contributed by atoms with Crippen LogP contribution in [-0.4, -0.2) is 35.1 Å². The van der Waals surface area contributed by atoms with E-state index in [1.54, 1.807) is 7.11 Å². The maximum atomic E-state index is 10.7. The number of hydrogen-bond acceptors (Lipinski definition) is 3. The Labute approximate surface area is 121 Å². The van der Waals surface area contributed by atoms with Gasteiger partial charge in [0.2, 0.25) is 0 Å². The van der Waals surface area contributed by atoms with Crippen molar-refractivity contribution >= 4 is 28.7 Å². The number of carbonyl (C=O) groups excluding carboxylic acids is 1. The fourth-order valence-corrected chi connectivity index (χ4v) is 2.26. The summed E-state index contributed by atoms with van der Waals surface area (Å²) in [5.41, 5.74) is 6.90. The highest BCUT2D eigenvalue weighted by atomic mass is 35.5. The minimum absolute atomic E-state index is 0.438. The molecular formula is C13H17ClN4O2. The standard InChI is InChI=1S/C13H17ClN4O2/c1-20-9-2-3-10-11(8-9)18(7-6-16-13(15)19)12(17-10)4-5-14/h2-3,8H,4-7H2,1H3,(H3,15,16,19). The molecule has 0 saturated heterocycles. The summed E-state index contributed by atoms with van der Waals surface area (Å²) in [6.45, 7) is 1.02. The molecule has 0 spiro atoms. The number of carbonyl (C=O) groups is 1. The Morgan fingerprint density at radius 1 is 1.55 bits per heavy atom. The summed E-state index contributed by atoms with van der Waals surface area (Å²) in [6.07, 6.45) is 0.662. The lowest BCUT2D eigenvalue weighted by Gasteiger charge is -2.09. The van der Waals surface area contributed by atoms with Crippen molar-refractivity contribution in [1.82, 2.24) is 14.9 Å². The van der Waals surface area contributed by atoms with E-state index >= 15 is 0 Å². The van der Waals surface area contributed by atoms with E-state index in [1.165, 1.54) is 0 Å². The Hall–Kier alpha value is -1.95. The number of fused-ring (bicyclic) bond motifs is 1. The summed E-state index contributed by atoms with van der Waals surface area (Å²) in [5.74, 6) is 2.14. The number of alkyl halides is 1. The van der Waals surface area contributed by atoms with Crippen LogP contribution in [0.4, 0.5) is 4.79 Å². The summed E-state index contributed by atoms with van der Waals surface area (Å²) < 4.78 is 7.26. The maximum Gasteiger partial charge on any atom is 0.312 e. The van der Waals surface area contributed by atoms with Crippen molar-refractivity contribution in [3.8, 4) is 5.75 Å². The monoisotopic (exact) mass is 296 g/mol. The average Bonchev–Trinajstić information content (AvgIpc) is 2.76. The molecule has 0 aliphatic heterocycles. The maximum absolute atomic E-state index is 10.7. The van der Waals surface area contributed by atoms with Crippen molar-refractivity contribution < 1.29 is 9.53 Å². The van der Waals surface area contributed by atoms with Crippen LogP contribution in [-0.2, 0) is 13.0 Å². The van der Waals surface area contributed by atoms with E-state index in [9.17, 15) is 4.79 Å². The molecule has 0 fully saturated rings. The van der Waals surface area contributed by atoms with Crippen LogP contribution in [0.2, 0.25) is 0 Å². The molecule has 0 aliphatic carbocycles. The van der Waals surface area contributed by atoms with Crippen molar-refractivity contribution in [2.24, 2.45) is 5.73 Å². The number of primary amides is 1. The molecule has 1 aromatic carbocycles. The van der Waals surface area contributed by atoms with Crippen LogP contribution >= 0.6 is 11.6 Å². The Balaban J connectivity index is 2.35. The SMILES string of the molecule is COc1ccc2nc(CCCl)n(CCNC(N)=O)c2c1. The van der Waals surface area contributed by atoms with Crippen LogP contribution < -0.4 is 15.8 Å². The van der Waals surface area contributed by atoms with Crippen molar-refractivity contribution in [2.75, 3.05) is 19.5 Å². The van der Waals surface area contributed by atoms with E-state index < -0.39 is 6.03 Å². The molecule has 2 amide bonds. The summed E-state index contributed by atoms with van der Waals surface area (Å²) in [7, 11) is 1.62. The molecule has 1 heterocycles. The van der Waals surface area contributed by atoms with E-state index in [0.29, 0.717) is 25.4 Å². The minimum Gasteiger partial charge on any atom is -0.497 e. The number of nitrogens with zero attached hydrogens (tertiary/aromatic N) is 2. The zero-order valence-electron chi connectivity index (χ0n) is 11.2. The first-order valence-electron chi connectivity index (χ1n) is 6.28. The first-order valence-corrected chi connectivity index (χ1v) is 6.81. The van der Waals surface area contributed by atoms with Crippen LogP contribution in [0.5, 0.6) is 5.75 Å². The van der Waals surface area contributed by atoms with Gasteiger partial charge < -0.3 is 20.4 Å². The lowest BCUT2D eigenvalue weighted by molar-refractivity contribution is 0.248. The zero-order chi connectivity index (χ0) is 14.5. The lowest BCUT2D eigenvalue weighted by Crippen LogP contribution is -2.32. The van der Waals surface area contributed by atoms with Gasteiger partial charge in [-0.05, 0) is 12.1 Å². The predicted molar refractivity (Wildman–Crippen MR) is 78.3 cm³/mol. The topological polar surface area (TPSA) is 82.2 Å². The first kappa shape index (κ1) is 14.5. The number of nitrogens with one attached hydrogen (secondary N) is 1. The molecule has 0 aliphatic rings. The van der Waals surface area contributed by atoms with Crippen LogP contribution in [0, 0.1) is 0 Å². The van der Waals surface area contributed by atoms with Gasteiger partial charge in [-0.25, -0.2) is 9.78 Å². The van der Waals surface area contributed by atoms with E-state index in [2.05, 4.69) is 10.3 Å². The minimum atomic E-state index is -0.536. The molecule has 0 bridgehead atoms. The number of aryl methyl sites for hydroxylation is 1. The van der Waals surface area contributed by atoms with Crippen molar-refractivity contribution in [3.05, 3.63) is 24.0 Å². The fraction of sp³-hybridized carbons (Fsp3) is 0.385. The number of imidazole rings is 1. The molecule has 2 rings (SSSR count). The second-order valence-corrected chi connectivity index (χ2v) is 4.64. The van der Waals surface area contributed by atoms with Gasteiger partial charge in [-0.2, -0.15) is 0 Å². The zero-order valence-corrected chi connectivity index (χ0v) is 12.0. The van der Waals surface area contributed by atoms with E-state index in [0.717, 1.165) is 22.6 Å². The summed E-state index contributed by atoms with van der Waals surface area (Å²) >= 11 is 5.81. The first-order chi connectivity index (χ1) is 9.65. The van der Waals surface area contributed by atoms with Gasteiger partial charge in [0.15, 0.2) is 0 Å². The number of amides is 2. The number of methoxy groups -OCH3 is 1. The van der Waals surface area contributed by atoms with Crippen molar-refractivity contribution in [2.45, 2.75) is 13.0 Å². The Morgan fingerprint density at radius 2 is 2.35 bits per heavy atom. The third-order valence-corrected chi connectivity index (χ3v) is 3.18. The number of nitrogens with two attached hydrogens (primary N) is 1. The number of urea groups is 1. The van der Waals surface area contributed by atoms with Gasteiger partial charge in [0.05, 0.1) is 18.1 Å². The molecule has 2 aromatic rings. The molecule has 3 N–H and O–H groups in total. The second-order valence-electron chi connectivity index (χ2n) is 4.26. The smallest absolute Gasteiger partial charge is 0.312 e. The Morgan fingerprint density at radius 3 is 3.00 bits per heavy atom. The normalized spacial score (nSPS) is 10.7. The van der Waals surface area contributed by atoms with Crippen LogP contribution in [0.15, 0.2) is 18.2 Å². The van der Waals surface area contributed by atoms with Gasteiger partial charge in [0, 0.05) is 31.5 Å². The molecule has 108 valence electrons. The fourth-order valence-electron chi connectivity index (χ4n) is 2.10. The highest BCUT2D eigenvalue weighted by molar-refractivity contribution is 6.17. The summed E-state index contributed by atoms with van der Waals surface area (Å²) in [5, 5.41) is 2.57. The largest absolute Gasteiger partial charge is 0.497 e. The number of benzene rings is 1. The number of ether oxygens (including phenoxy) is 1. The van der Waals surface area contributed by atoms with E-state index in [1.807, 2.05) is 22.8 Å². The molecular weight excluding hydrogens is 280 g/mol. The van der Waals surface area contributed by atoms with E-state index in [-0.39, 0.29) is 0 Å².